The number of nitrogens with zero attached hydrogens (tertiary/aromatic N) is 1. The zero-order valence-electron chi connectivity index (χ0n) is 9.09. The van der Waals surface area contributed by atoms with Crippen molar-refractivity contribution in [1.82, 2.24) is 10.5 Å². The highest BCUT2D eigenvalue weighted by Gasteiger charge is 2.23. The molecule has 3 heteroatoms. The van der Waals surface area contributed by atoms with E-state index in [4.69, 9.17) is 4.52 Å². The van der Waals surface area contributed by atoms with Crippen LogP contribution in [0.2, 0.25) is 0 Å². The molecular formula is C12H18N2O. The average Bonchev–Trinajstić information content (AvgIpc) is 2.85. The van der Waals surface area contributed by atoms with E-state index >= 15 is 0 Å². The number of hydrogen-bond donors (Lipinski definition) is 1. The van der Waals surface area contributed by atoms with Crippen molar-refractivity contribution < 1.29 is 4.52 Å². The minimum atomic E-state index is 0.809. The van der Waals surface area contributed by atoms with Gasteiger partial charge in [-0.1, -0.05) is 5.16 Å². The summed E-state index contributed by atoms with van der Waals surface area (Å²) in [5.74, 6) is 2.00. The Morgan fingerprint density at radius 2 is 2.13 bits per heavy atom. The van der Waals surface area contributed by atoms with Gasteiger partial charge in [0.25, 0.3) is 0 Å². The zero-order valence-corrected chi connectivity index (χ0v) is 9.09. The molecule has 82 valence electrons. The van der Waals surface area contributed by atoms with Gasteiger partial charge in [0.15, 0.2) is 0 Å². The van der Waals surface area contributed by atoms with Crippen LogP contribution in [0, 0.1) is 5.92 Å². The second-order valence-electron chi connectivity index (χ2n) is 4.78. The van der Waals surface area contributed by atoms with Crippen molar-refractivity contribution in [2.24, 2.45) is 5.92 Å². The van der Waals surface area contributed by atoms with Gasteiger partial charge in [0, 0.05) is 12.0 Å². The summed E-state index contributed by atoms with van der Waals surface area (Å²) in [5.41, 5.74) is 2.67. The van der Waals surface area contributed by atoms with Crippen LogP contribution < -0.4 is 5.32 Å². The van der Waals surface area contributed by atoms with E-state index in [0.717, 1.165) is 18.8 Å². The Hall–Kier alpha value is -0.830. The van der Waals surface area contributed by atoms with Crippen molar-refractivity contribution in [2.75, 3.05) is 13.1 Å². The van der Waals surface area contributed by atoms with Gasteiger partial charge < -0.3 is 9.84 Å². The number of aromatic nitrogens is 1. The third kappa shape index (κ3) is 1.81. The Kier molecular flexibility index (Phi) is 2.49. The molecule has 1 fully saturated rings. The molecule has 2 aliphatic rings. The lowest BCUT2D eigenvalue weighted by Gasteiger charge is -2.21. The predicted molar refractivity (Wildman–Crippen MR) is 57.8 cm³/mol. The normalized spacial score (nSPS) is 21.9. The molecule has 1 aliphatic carbocycles. The lowest BCUT2D eigenvalue weighted by atomic mass is 9.92. The molecule has 0 amide bonds. The first-order chi connectivity index (χ1) is 7.43. The SMILES string of the molecule is C1Cc2noc(CC3CCNCC3)c2C1. The average molecular weight is 206 g/mol. The molecule has 0 radical (unpaired) electrons. The lowest BCUT2D eigenvalue weighted by Crippen LogP contribution is -2.28. The monoisotopic (exact) mass is 206 g/mol. The maximum absolute atomic E-state index is 5.47. The summed E-state index contributed by atoms with van der Waals surface area (Å²) in [6.07, 6.45) is 7.28. The summed E-state index contributed by atoms with van der Waals surface area (Å²) in [7, 11) is 0. The topological polar surface area (TPSA) is 38.1 Å². The van der Waals surface area contributed by atoms with Crippen molar-refractivity contribution in [3.63, 3.8) is 0 Å². The smallest absolute Gasteiger partial charge is 0.140 e. The molecular weight excluding hydrogens is 188 g/mol. The van der Waals surface area contributed by atoms with Crippen LogP contribution in [0.15, 0.2) is 4.52 Å². The first-order valence-corrected chi connectivity index (χ1v) is 6.10. The fourth-order valence-electron chi connectivity index (χ4n) is 2.80. The van der Waals surface area contributed by atoms with E-state index < -0.39 is 0 Å². The number of fused-ring (bicyclic) bond motifs is 1. The van der Waals surface area contributed by atoms with Gasteiger partial charge in [0.1, 0.15) is 5.76 Å². The third-order valence-electron chi connectivity index (χ3n) is 3.72. The van der Waals surface area contributed by atoms with Crippen molar-refractivity contribution in [1.29, 1.82) is 0 Å². The summed E-state index contributed by atoms with van der Waals surface area (Å²) in [6.45, 7) is 2.34. The van der Waals surface area contributed by atoms with Gasteiger partial charge in [-0.05, 0) is 51.1 Å². The fraction of sp³-hybridized carbons (Fsp3) is 0.750. The van der Waals surface area contributed by atoms with Gasteiger partial charge in [-0.3, -0.25) is 0 Å². The van der Waals surface area contributed by atoms with Crippen LogP contribution in [0.5, 0.6) is 0 Å². The molecule has 2 heterocycles. The van der Waals surface area contributed by atoms with Gasteiger partial charge >= 0.3 is 0 Å². The lowest BCUT2D eigenvalue weighted by molar-refractivity contribution is 0.314. The van der Waals surface area contributed by atoms with Crippen LogP contribution in [-0.2, 0) is 19.3 Å². The molecule has 0 aromatic carbocycles. The number of piperidine rings is 1. The second kappa shape index (κ2) is 3.97. The van der Waals surface area contributed by atoms with Crippen molar-refractivity contribution in [2.45, 2.75) is 38.5 Å². The van der Waals surface area contributed by atoms with Gasteiger partial charge in [0.2, 0.25) is 0 Å². The quantitative estimate of drug-likeness (QED) is 0.800. The number of aryl methyl sites for hydroxylation is 1. The molecule has 3 nitrogen and oxygen atoms in total. The number of hydrogen-bond acceptors (Lipinski definition) is 3. The summed E-state index contributed by atoms with van der Waals surface area (Å²) >= 11 is 0. The second-order valence-corrected chi connectivity index (χ2v) is 4.78. The van der Waals surface area contributed by atoms with Crippen LogP contribution in [-0.4, -0.2) is 18.2 Å². The summed E-state index contributed by atoms with van der Waals surface area (Å²) in [5, 5.41) is 7.57. The standard InChI is InChI=1S/C12H18N2O/c1-2-10-11(3-1)14-15-12(10)8-9-4-6-13-7-5-9/h9,13H,1-8H2. The highest BCUT2D eigenvalue weighted by atomic mass is 16.5. The summed E-state index contributed by atoms with van der Waals surface area (Å²) in [4.78, 5) is 0. The van der Waals surface area contributed by atoms with Crippen LogP contribution in [0.1, 0.15) is 36.3 Å². The van der Waals surface area contributed by atoms with E-state index in [9.17, 15) is 0 Å². The summed E-state index contributed by atoms with van der Waals surface area (Å²) in [6, 6.07) is 0. The van der Waals surface area contributed by atoms with Crippen LogP contribution in [0.25, 0.3) is 0 Å². The van der Waals surface area contributed by atoms with E-state index in [0.29, 0.717) is 0 Å². The molecule has 0 saturated carbocycles. The van der Waals surface area contributed by atoms with Gasteiger partial charge in [-0.25, -0.2) is 0 Å². The Balaban J connectivity index is 1.70. The van der Waals surface area contributed by atoms with E-state index in [1.807, 2.05) is 0 Å². The molecule has 1 saturated heterocycles. The molecule has 0 atom stereocenters. The Labute approximate surface area is 90.2 Å². The number of nitrogens with one attached hydrogen (secondary N) is 1. The molecule has 0 bridgehead atoms. The molecule has 0 spiro atoms. The molecule has 1 aromatic rings. The Morgan fingerprint density at radius 1 is 1.27 bits per heavy atom. The largest absolute Gasteiger partial charge is 0.361 e. The maximum Gasteiger partial charge on any atom is 0.140 e. The van der Waals surface area contributed by atoms with Gasteiger partial charge in [0.05, 0.1) is 5.69 Å². The van der Waals surface area contributed by atoms with Crippen LogP contribution in [0.3, 0.4) is 0 Å². The molecule has 0 unspecified atom stereocenters. The van der Waals surface area contributed by atoms with Crippen molar-refractivity contribution >= 4 is 0 Å². The van der Waals surface area contributed by atoms with E-state index in [1.54, 1.807) is 0 Å². The molecule has 1 aromatic heterocycles. The number of rotatable bonds is 2. The Bertz CT molecular complexity index is 339. The highest BCUT2D eigenvalue weighted by Crippen LogP contribution is 2.28. The Morgan fingerprint density at radius 3 is 3.00 bits per heavy atom. The predicted octanol–water partition coefficient (Wildman–Crippen LogP) is 1.71. The molecule has 3 rings (SSSR count). The minimum absolute atomic E-state index is 0.809. The maximum atomic E-state index is 5.47. The molecule has 15 heavy (non-hydrogen) atoms. The van der Waals surface area contributed by atoms with Crippen molar-refractivity contribution in [3.8, 4) is 0 Å². The van der Waals surface area contributed by atoms with E-state index in [-0.39, 0.29) is 0 Å². The van der Waals surface area contributed by atoms with E-state index in [1.165, 1.54) is 55.8 Å². The van der Waals surface area contributed by atoms with Crippen molar-refractivity contribution in [3.05, 3.63) is 17.0 Å². The van der Waals surface area contributed by atoms with Gasteiger partial charge in [-0.2, -0.15) is 0 Å². The highest BCUT2D eigenvalue weighted by molar-refractivity contribution is 5.27. The fourth-order valence-corrected chi connectivity index (χ4v) is 2.80. The van der Waals surface area contributed by atoms with E-state index in [2.05, 4.69) is 10.5 Å². The zero-order chi connectivity index (χ0) is 10.1. The summed E-state index contributed by atoms with van der Waals surface area (Å²) < 4.78 is 5.47. The molecule has 1 aliphatic heterocycles. The first kappa shape index (κ1) is 9.40. The minimum Gasteiger partial charge on any atom is -0.361 e. The third-order valence-corrected chi connectivity index (χ3v) is 3.72. The van der Waals surface area contributed by atoms with Crippen LogP contribution in [0.4, 0.5) is 0 Å². The molecule has 1 N–H and O–H groups in total. The van der Waals surface area contributed by atoms with Crippen LogP contribution >= 0.6 is 0 Å². The first-order valence-electron chi connectivity index (χ1n) is 6.10. The van der Waals surface area contributed by atoms with Gasteiger partial charge in [-0.15, -0.1) is 0 Å².